The molecule has 2 rings (SSSR count). The Morgan fingerprint density at radius 3 is 3.06 bits per heavy atom. The van der Waals surface area contributed by atoms with Crippen molar-refractivity contribution in [2.75, 3.05) is 6.61 Å². The second kappa shape index (κ2) is 5.04. The van der Waals surface area contributed by atoms with Gasteiger partial charge in [0.05, 0.1) is 11.7 Å². The summed E-state index contributed by atoms with van der Waals surface area (Å²) in [6, 6.07) is 4.56. The van der Waals surface area contributed by atoms with Gasteiger partial charge in [0.25, 0.3) is 0 Å². The summed E-state index contributed by atoms with van der Waals surface area (Å²) in [6.07, 6.45) is 1.70. The fourth-order valence-electron chi connectivity index (χ4n) is 2.34. The molecule has 2 nitrogen and oxygen atoms in total. The first-order chi connectivity index (χ1) is 7.98. The van der Waals surface area contributed by atoms with E-state index < -0.39 is 5.60 Å². The van der Waals surface area contributed by atoms with E-state index in [0.29, 0.717) is 25.9 Å². The lowest BCUT2D eigenvalue weighted by Gasteiger charge is -2.36. The first-order valence-corrected chi connectivity index (χ1v) is 6.56. The van der Waals surface area contributed by atoms with Crippen LogP contribution in [0.4, 0.5) is 4.39 Å². The van der Waals surface area contributed by atoms with E-state index >= 15 is 0 Å². The van der Waals surface area contributed by atoms with E-state index in [2.05, 4.69) is 15.9 Å². The van der Waals surface area contributed by atoms with Crippen molar-refractivity contribution in [3.8, 4) is 0 Å². The fourth-order valence-corrected chi connectivity index (χ4v) is 2.73. The first-order valence-electron chi connectivity index (χ1n) is 5.76. The second-order valence-electron chi connectivity index (χ2n) is 4.77. The number of halogens is 2. The predicted octanol–water partition coefficient (Wildman–Crippen LogP) is 3.06. The third-order valence-corrected chi connectivity index (χ3v) is 3.94. The van der Waals surface area contributed by atoms with Crippen LogP contribution in [0.1, 0.15) is 25.3 Å². The van der Waals surface area contributed by atoms with E-state index in [1.807, 2.05) is 6.92 Å². The minimum atomic E-state index is -0.784. The Morgan fingerprint density at radius 2 is 2.35 bits per heavy atom. The summed E-state index contributed by atoms with van der Waals surface area (Å²) in [5.74, 6) is -0.271. The number of ether oxygens (including phenoxy) is 1. The van der Waals surface area contributed by atoms with E-state index in [0.717, 1.165) is 10.0 Å². The van der Waals surface area contributed by atoms with Crippen molar-refractivity contribution in [2.45, 2.75) is 37.9 Å². The highest BCUT2D eigenvalue weighted by molar-refractivity contribution is 9.10. The average molecular weight is 303 g/mol. The molecule has 1 aromatic carbocycles. The molecule has 0 radical (unpaired) electrons. The quantitative estimate of drug-likeness (QED) is 0.910. The van der Waals surface area contributed by atoms with Crippen molar-refractivity contribution >= 4 is 15.9 Å². The van der Waals surface area contributed by atoms with Crippen LogP contribution in [0, 0.1) is 5.82 Å². The molecule has 0 amide bonds. The van der Waals surface area contributed by atoms with Crippen molar-refractivity contribution in [2.24, 2.45) is 0 Å². The fraction of sp³-hybridized carbons (Fsp3) is 0.538. The third-order valence-electron chi connectivity index (χ3n) is 3.16. The zero-order valence-electron chi connectivity index (χ0n) is 9.75. The topological polar surface area (TPSA) is 29.5 Å². The lowest BCUT2D eigenvalue weighted by molar-refractivity contribution is -0.0961. The van der Waals surface area contributed by atoms with Gasteiger partial charge in [-0.2, -0.15) is 0 Å². The van der Waals surface area contributed by atoms with E-state index in [-0.39, 0.29) is 11.9 Å². The first kappa shape index (κ1) is 13.0. The minimum Gasteiger partial charge on any atom is -0.389 e. The monoisotopic (exact) mass is 302 g/mol. The summed E-state index contributed by atoms with van der Waals surface area (Å²) < 4.78 is 19.4. The highest BCUT2D eigenvalue weighted by Crippen LogP contribution is 2.31. The molecule has 1 heterocycles. The Kier molecular flexibility index (Phi) is 3.85. The second-order valence-corrected chi connectivity index (χ2v) is 5.63. The summed E-state index contributed by atoms with van der Waals surface area (Å²) in [7, 11) is 0. The van der Waals surface area contributed by atoms with Crippen LogP contribution in [-0.2, 0) is 11.2 Å². The van der Waals surface area contributed by atoms with Gasteiger partial charge >= 0.3 is 0 Å². The predicted molar refractivity (Wildman–Crippen MR) is 67.4 cm³/mol. The van der Waals surface area contributed by atoms with Crippen molar-refractivity contribution < 1.29 is 14.2 Å². The molecule has 0 aliphatic carbocycles. The molecule has 17 heavy (non-hydrogen) atoms. The van der Waals surface area contributed by atoms with E-state index in [9.17, 15) is 9.50 Å². The molecule has 4 heteroatoms. The van der Waals surface area contributed by atoms with Gasteiger partial charge in [-0.15, -0.1) is 0 Å². The van der Waals surface area contributed by atoms with Gasteiger partial charge in [0.1, 0.15) is 5.82 Å². The van der Waals surface area contributed by atoms with Gasteiger partial charge in [-0.1, -0.05) is 15.9 Å². The highest BCUT2D eigenvalue weighted by atomic mass is 79.9. The van der Waals surface area contributed by atoms with Crippen LogP contribution in [0.15, 0.2) is 22.7 Å². The SMILES string of the molecule is CC1CC(O)(Cc2cc(F)ccc2Br)CCO1. The van der Waals surface area contributed by atoms with E-state index in [1.165, 1.54) is 12.1 Å². The van der Waals surface area contributed by atoms with Crippen molar-refractivity contribution in [3.05, 3.63) is 34.1 Å². The molecule has 94 valence electrons. The Morgan fingerprint density at radius 1 is 1.59 bits per heavy atom. The molecule has 1 aliphatic rings. The summed E-state index contributed by atoms with van der Waals surface area (Å²) in [5.41, 5.74) is 0.0233. The molecule has 0 bridgehead atoms. The number of benzene rings is 1. The Balaban J connectivity index is 2.16. The zero-order valence-corrected chi connectivity index (χ0v) is 11.3. The van der Waals surface area contributed by atoms with Crippen molar-refractivity contribution in [3.63, 3.8) is 0 Å². The molecule has 1 fully saturated rings. The maximum Gasteiger partial charge on any atom is 0.123 e. The molecule has 1 aliphatic heterocycles. The van der Waals surface area contributed by atoms with Crippen molar-refractivity contribution in [1.82, 2.24) is 0 Å². The minimum absolute atomic E-state index is 0.0566. The van der Waals surface area contributed by atoms with Crippen LogP contribution in [-0.4, -0.2) is 23.4 Å². The Bertz CT molecular complexity index is 410. The summed E-state index contributed by atoms with van der Waals surface area (Å²) in [6.45, 7) is 2.51. The number of aliphatic hydroxyl groups is 1. The van der Waals surface area contributed by atoms with Crippen LogP contribution in [0.25, 0.3) is 0 Å². The summed E-state index contributed by atoms with van der Waals surface area (Å²) in [4.78, 5) is 0. The van der Waals surface area contributed by atoms with E-state index in [1.54, 1.807) is 6.07 Å². The molecule has 0 aromatic heterocycles. The average Bonchev–Trinajstić information content (AvgIpc) is 2.22. The standard InChI is InChI=1S/C13H16BrFO2/c1-9-7-13(16,4-5-17-9)8-10-6-11(15)2-3-12(10)14/h2-3,6,9,16H,4-5,7-8H2,1H3. The van der Waals surface area contributed by atoms with Crippen LogP contribution < -0.4 is 0 Å². The van der Waals surface area contributed by atoms with Gasteiger partial charge in [-0.05, 0) is 37.1 Å². The largest absolute Gasteiger partial charge is 0.389 e. The maximum atomic E-state index is 13.2. The Hall–Kier alpha value is -0.450. The van der Waals surface area contributed by atoms with Crippen LogP contribution >= 0.6 is 15.9 Å². The molecule has 2 unspecified atom stereocenters. The van der Waals surface area contributed by atoms with Crippen LogP contribution in [0.3, 0.4) is 0 Å². The lowest BCUT2D eigenvalue weighted by atomic mass is 9.85. The molecule has 0 spiro atoms. The molecule has 1 N–H and O–H groups in total. The number of hydrogen-bond acceptors (Lipinski definition) is 2. The van der Waals surface area contributed by atoms with Gasteiger partial charge in [-0.3, -0.25) is 0 Å². The van der Waals surface area contributed by atoms with Gasteiger partial charge in [0.2, 0.25) is 0 Å². The smallest absolute Gasteiger partial charge is 0.123 e. The van der Waals surface area contributed by atoms with Crippen LogP contribution in [0.2, 0.25) is 0 Å². The molecule has 2 atom stereocenters. The van der Waals surface area contributed by atoms with Crippen molar-refractivity contribution in [1.29, 1.82) is 0 Å². The number of rotatable bonds is 2. The molecule has 1 aromatic rings. The zero-order chi connectivity index (χ0) is 12.5. The lowest BCUT2D eigenvalue weighted by Crippen LogP contribution is -2.41. The van der Waals surface area contributed by atoms with Gasteiger partial charge in [0, 0.05) is 23.9 Å². The van der Waals surface area contributed by atoms with Gasteiger partial charge < -0.3 is 9.84 Å². The Labute approximate surface area is 109 Å². The summed E-state index contributed by atoms with van der Waals surface area (Å²) >= 11 is 3.39. The maximum absolute atomic E-state index is 13.2. The molecule has 0 saturated carbocycles. The highest BCUT2D eigenvalue weighted by Gasteiger charge is 2.33. The van der Waals surface area contributed by atoms with Crippen LogP contribution in [0.5, 0.6) is 0 Å². The van der Waals surface area contributed by atoms with Gasteiger partial charge in [-0.25, -0.2) is 4.39 Å². The van der Waals surface area contributed by atoms with Gasteiger partial charge in [0.15, 0.2) is 0 Å². The van der Waals surface area contributed by atoms with E-state index in [4.69, 9.17) is 4.74 Å². The molecular formula is C13H16BrFO2. The molecule has 1 saturated heterocycles. The molecular weight excluding hydrogens is 287 g/mol. The normalized spacial score (nSPS) is 29.3. The third kappa shape index (κ3) is 3.27. The summed E-state index contributed by atoms with van der Waals surface area (Å²) in [5, 5.41) is 10.5. The number of hydrogen-bond donors (Lipinski definition) is 1.